The Morgan fingerprint density at radius 3 is 2.70 bits per heavy atom. The molecule has 0 amide bonds. The van der Waals surface area contributed by atoms with Gasteiger partial charge in [0, 0.05) is 5.02 Å². The van der Waals surface area contributed by atoms with E-state index in [-0.39, 0.29) is 0 Å². The zero-order chi connectivity index (χ0) is 14.4. The van der Waals surface area contributed by atoms with Gasteiger partial charge in [-0.25, -0.2) is 0 Å². The molecule has 0 radical (unpaired) electrons. The third kappa shape index (κ3) is 4.99. The largest absolute Gasteiger partial charge is 0.494 e. The second-order valence-electron chi connectivity index (χ2n) is 5.99. The number of ether oxygens (including phenoxy) is 1. The lowest BCUT2D eigenvalue weighted by Crippen LogP contribution is -2.33. The molecule has 112 valence electrons. The van der Waals surface area contributed by atoms with E-state index in [9.17, 15) is 0 Å². The summed E-state index contributed by atoms with van der Waals surface area (Å²) in [5, 5.41) is 0.802. The van der Waals surface area contributed by atoms with Crippen molar-refractivity contribution in [2.45, 2.75) is 39.5 Å². The molecule has 2 nitrogen and oxygen atoms in total. The van der Waals surface area contributed by atoms with Crippen molar-refractivity contribution in [2.24, 2.45) is 5.92 Å². The molecule has 1 aliphatic rings. The highest BCUT2D eigenvalue weighted by atomic mass is 35.5. The van der Waals surface area contributed by atoms with Gasteiger partial charge < -0.3 is 9.64 Å². The van der Waals surface area contributed by atoms with E-state index in [1.165, 1.54) is 38.9 Å². The smallest absolute Gasteiger partial charge is 0.119 e. The number of likely N-dealkylation sites (tertiary alicyclic amines) is 1. The first kappa shape index (κ1) is 15.7. The molecule has 3 heteroatoms. The highest BCUT2D eigenvalue weighted by molar-refractivity contribution is 6.31. The number of piperidine rings is 1. The molecule has 2 rings (SSSR count). The lowest BCUT2D eigenvalue weighted by molar-refractivity contribution is 0.185. The minimum Gasteiger partial charge on any atom is -0.494 e. The van der Waals surface area contributed by atoms with Crippen molar-refractivity contribution in [3.8, 4) is 5.75 Å². The van der Waals surface area contributed by atoms with Crippen LogP contribution < -0.4 is 4.74 Å². The van der Waals surface area contributed by atoms with Crippen molar-refractivity contribution in [3.05, 3.63) is 28.8 Å². The summed E-state index contributed by atoms with van der Waals surface area (Å²) in [6, 6.07) is 5.86. The highest BCUT2D eigenvalue weighted by Gasteiger charge is 2.14. The molecule has 0 spiro atoms. The van der Waals surface area contributed by atoms with Gasteiger partial charge in [-0.1, -0.05) is 18.5 Å². The normalized spacial score (nSPS) is 17.4. The lowest BCUT2D eigenvalue weighted by Gasteiger charge is -2.30. The minimum absolute atomic E-state index is 0.797. The van der Waals surface area contributed by atoms with Crippen LogP contribution in [0.2, 0.25) is 5.02 Å². The Bertz CT molecular complexity index is 413. The summed E-state index contributed by atoms with van der Waals surface area (Å²) in [5.74, 6) is 1.85. The van der Waals surface area contributed by atoms with Crippen molar-refractivity contribution in [2.75, 3.05) is 26.2 Å². The van der Waals surface area contributed by atoms with E-state index >= 15 is 0 Å². The van der Waals surface area contributed by atoms with Gasteiger partial charge in [-0.05, 0) is 81.9 Å². The maximum atomic E-state index is 6.00. The molecular formula is C17H26ClNO. The number of rotatable bonds is 6. The molecule has 1 aromatic rings. The van der Waals surface area contributed by atoms with Gasteiger partial charge in [-0.2, -0.15) is 0 Å². The monoisotopic (exact) mass is 295 g/mol. The summed E-state index contributed by atoms with van der Waals surface area (Å²) in [4.78, 5) is 2.59. The number of hydrogen-bond acceptors (Lipinski definition) is 2. The zero-order valence-corrected chi connectivity index (χ0v) is 13.5. The molecule has 0 atom stereocenters. The molecule has 1 heterocycles. The minimum atomic E-state index is 0.797. The van der Waals surface area contributed by atoms with E-state index in [0.717, 1.165) is 35.3 Å². The molecular weight excluding hydrogens is 270 g/mol. The molecule has 1 aromatic carbocycles. The second-order valence-corrected chi connectivity index (χ2v) is 6.40. The van der Waals surface area contributed by atoms with Gasteiger partial charge in [0.2, 0.25) is 0 Å². The average molecular weight is 296 g/mol. The molecule has 0 aromatic heterocycles. The molecule has 0 bridgehead atoms. The number of aryl methyl sites for hydroxylation is 1. The van der Waals surface area contributed by atoms with Gasteiger partial charge in [-0.3, -0.25) is 0 Å². The molecule has 20 heavy (non-hydrogen) atoms. The van der Waals surface area contributed by atoms with Gasteiger partial charge in [0.15, 0.2) is 0 Å². The van der Waals surface area contributed by atoms with E-state index in [4.69, 9.17) is 16.3 Å². The van der Waals surface area contributed by atoms with Crippen LogP contribution in [0.5, 0.6) is 5.75 Å². The molecule has 0 saturated carbocycles. The van der Waals surface area contributed by atoms with Crippen LogP contribution in [0.1, 0.15) is 38.2 Å². The van der Waals surface area contributed by atoms with Crippen LogP contribution in [-0.2, 0) is 0 Å². The summed E-state index contributed by atoms with van der Waals surface area (Å²) in [6.45, 7) is 8.93. The Morgan fingerprint density at radius 1 is 1.25 bits per heavy atom. The molecule has 0 N–H and O–H groups in total. The molecule has 1 fully saturated rings. The Kier molecular flexibility index (Phi) is 6.18. The van der Waals surface area contributed by atoms with Gasteiger partial charge in [0.05, 0.1) is 6.61 Å². The molecule has 0 aliphatic carbocycles. The Hall–Kier alpha value is -0.730. The lowest BCUT2D eigenvalue weighted by atomic mass is 9.99. The van der Waals surface area contributed by atoms with Gasteiger partial charge in [0.1, 0.15) is 5.75 Å². The van der Waals surface area contributed by atoms with Gasteiger partial charge in [-0.15, -0.1) is 0 Å². The first-order valence-corrected chi connectivity index (χ1v) is 8.14. The van der Waals surface area contributed by atoms with Crippen LogP contribution >= 0.6 is 11.6 Å². The third-order valence-corrected chi connectivity index (χ3v) is 4.57. The van der Waals surface area contributed by atoms with E-state index in [2.05, 4.69) is 11.8 Å². The zero-order valence-electron chi connectivity index (χ0n) is 12.7. The molecule has 1 aliphatic heterocycles. The fraction of sp³-hybridized carbons (Fsp3) is 0.647. The van der Waals surface area contributed by atoms with E-state index in [1.54, 1.807) is 0 Å². The SMILES string of the molecule is Cc1cc(OCCCCN2CCC(C)CC2)ccc1Cl. The molecule has 1 saturated heterocycles. The summed E-state index contributed by atoms with van der Waals surface area (Å²) in [5.41, 5.74) is 1.08. The predicted molar refractivity (Wildman–Crippen MR) is 85.8 cm³/mol. The number of unbranched alkanes of at least 4 members (excludes halogenated alkanes) is 1. The first-order chi connectivity index (χ1) is 9.65. The van der Waals surface area contributed by atoms with Crippen LogP contribution in [0.3, 0.4) is 0 Å². The van der Waals surface area contributed by atoms with Crippen LogP contribution in [0.25, 0.3) is 0 Å². The van der Waals surface area contributed by atoms with E-state index in [0.29, 0.717) is 0 Å². The number of hydrogen-bond donors (Lipinski definition) is 0. The predicted octanol–water partition coefficient (Wildman–Crippen LogP) is 4.54. The maximum Gasteiger partial charge on any atom is 0.119 e. The van der Waals surface area contributed by atoms with Gasteiger partial charge >= 0.3 is 0 Å². The number of benzene rings is 1. The standard InChI is InChI=1S/C17H26ClNO/c1-14-7-10-19(11-8-14)9-3-4-12-20-16-5-6-17(18)15(2)13-16/h5-6,13-14H,3-4,7-12H2,1-2H3. The topological polar surface area (TPSA) is 12.5 Å². The van der Waals surface area contributed by atoms with E-state index < -0.39 is 0 Å². The van der Waals surface area contributed by atoms with Crippen molar-refractivity contribution < 1.29 is 4.74 Å². The van der Waals surface area contributed by atoms with Crippen molar-refractivity contribution in [1.29, 1.82) is 0 Å². The quantitative estimate of drug-likeness (QED) is 0.715. The second kappa shape index (κ2) is 7.90. The van der Waals surface area contributed by atoms with Crippen LogP contribution in [0.4, 0.5) is 0 Å². The van der Waals surface area contributed by atoms with Crippen molar-refractivity contribution >= 4 is 11.6 Å². The maximum absolute atomic E-state index is 6.00. The van der Waals surface area contributed by atoms with Crippen LogP contribution in [0, 0.1) is 12.8 Å². The van der Waals surface area contributed by atoms with Crippen LogP contribution in [0.15, 0.2) is 18.2 Å². The Labute approximate surface area is 128 Å². The average Bonchev–Trinajstić information content (AvgIpc) is 2.44. The third-order valence-electron chi connectivity index (χ3n) is 4.14. The summed E-state index contributed by atoms with van der Waals surface area (Å²) >= 11 is 6.00. The summed E-state index contributed by atoms with van der Waals surface area (Å²) in [7, 11) is 0. The fourth-order valence-corrected chi connectivity index (χ4v) is 2.74. The highest BCUT2D eigenvalue weighted by Crippen LogP contribution is 2.21. The summed E-state index contributed by atoms with van der Waals surface area (Å²) in [6.07, 6.45) is 5.07. The fourth-order valence-electron chi connectivity index (χ4n) is 2.62. The van der Waals surface area contributed by atoms with E-state index in [1.807, 2.05) is 25.1 Å². The number of nitrogens with zero attached hydrogens (tertiary/aromatic N) is 1. The van der Waals surface area contributed by atoms with Gasteiger partial charge in [0.25, 0.3) is 0 Å². The summed E-state index contributed by atoms with van der Waals surface area (Å²) < 4.78 is 5.77. The van der Waals surface area contributed by atoms with Crippen molar-refractivity contribution in [3.63, 3.8) is 0 Å². The Balaban J connectivity index is 1.58. The Morgan fingerprint density at radius 2 is 2.00 bits per heavy atom. The molecule has 0 unspecified atom stereocenters. The number of halogens is 1. The first-order valence-electron chi connectivity index (χ1n) is 7.76. The van der Waals surface area contributed by atoms with Crippen LogP contribution in [-0.4, -0.2) is 31.1 Å². The van der Waals surface area contributed by atoms with Crippen molar-refractivity contribution in [1.82, 2.24) is 4.90 Å².